The number of imide groups is 1. The summed E-state index contributed by atoms with van der Waals surface area (Å²) in [5.41, 5.74) is -0.394. The normalized spacial score (nSPS) is 20.9. The van der Waals surface area contributed by atoms with Crippen LogP contribution in [0.1, 0.15) is 25.3 Å². The summed E-state index contributed by atoms with van der Waals surface area (Å²) in [6, 6.07) is 11.9. The van der Waals surface area contributed by atoms with Crippen LogP contribution in [0.3, 0.4) is 0 Å². The van der Waals surface area contributed by atoms with Crippen molar-refractivity contribution in [1.82, 2.24) is 14.5 Å². The molecule has 0 spiro atoms. The molecule has 11 heteroatoms. The van der Waals surface area contributed by atoms with Gasteiger partial charge in [0, 0.05) is 18.8 Å². The van der Waals surface area contributed by atoms with E-state index >= 15 is 0 Å². The third-order valence-corrected chi connectivity index (χ3v) is 8.00. The first-order valence-corrected chi connectivity index (χ1v) is 12.3. The number of urea groups is 1. The lowest BCUT2D eigenvalue weighted by Crippen LogP contribution is -2.42. The van der Waals surface area contributed by atoms with Crippen LogP contribution in [-0.4, -0.2) is 62.2 Å². The smallest absolute Gasteiger partial charge is 0.325 e. The van der Waals surface area contributed by atoms with Crippen molar-refractivity contribution in [3.8, 4) is 5.75 Å². The summed E-state index contributed by atoms with van der Waals surface area (Å²) in [5.74, 6) is -0.526. The highest BCUT2D eigenvalue weighted by Crippen LogP contribution is 2.30. The van der Waals surface area contributed by atoms with E-state index in [9.17, 15) is 22.8 Å². The molecule has 2 saturated heterocycles. The summed E-state index contributed by atoms with van der Waals surface area (Å²) in [6.07, 6.45) is 1.68. The first-order chi connectivity index (χ1) is 16.1. The molecule has 0 unspecified atom stereocenters. The van der Waals surface area contributed by atoms with Gasteiger partial charge in [0.1, 0.15) is 17.8 Å². The zero-order valence-electron chi connectivity index (χ0n) is 18.9. The van der Waals surface area contributed by atoms with E-state index in [1.54, 1.807) is 31.2 Å². The van der Waals surface area contributed by atoms with E-state index in [0.717, 1.165) is 17.7 Å². The van der Waals surface area contributed by atoms with Crippen molar-refractivity contribution in [3.05, 3.63) is 54.1 Å². The average molecular weight is 487 g/mol. The zero-order chi connectivity index (χ0) is 24.5. The van der Waals surface area contributed by atoms with Crippen molar-refractivity contribution >= 4 is 33.6 Å². The minimum atomic E-state index is -3.55. The van der Waals surface area contributed by atoms with Crippen LogP contribution in [0.15, 0.2) is 53.4 Å². The second kappa shape index (κ2) is 9.07. The maximum atomic E-state index is 13.0. The van der Waals surface area contributed by atoms with Crippen molar-refractivity contribution in [2.24, 2.45) is 0 Å². The number of rotatable bonds is 7. The van der Waals surface area contributed by atoms with Crippen LogP contribution >= 0.6 is 0 Å². The molecule has 2 aromatic rings. The number of carbonyl (C=O) groups excluding carboxylic acids is 3. The molecule has 34 heavy (non-hydrogen) atoms. The predicted molar refractivity (Wildman–Crippen MR) is 124 cm³/mol. The molecule has 4 amide bonds. The molecule has 2 fully saturated rings. The number of ether oxygens (including phenoxy) is 1. The van der Waals surface area contributed by atoms with E-state index in [0.29, 0.717) is 30.1 Å². The van der Waals surface area contributed by atoms with E-state index in [4.69, 9.17) is 4.74 Å². The maximum Gasteiger partial charge on any atom is 0.325 e. The van der Waals surface area contributed by atoms with Crippen molar-refractivity contribution < 1.29 is 27.5 Å². The van der Waals surface area contributed by atoms with Crippen LogP contribution in [0.25, 0.3) is 0 Å². The highest BCUT2D eigenvalue weighted by molar-refractivity contribution is 7.89. The number of nitrogens with one attached hydrogen (secondary N) is 2. The number of hydrogen-bond donors (Lipinski definition) is 2. The molecule has 0 saturated carbocycles. The number of amides is 4. The molecule has 10 nitrogen and oxygen atoms in total. The van der Waals surface area contributed by atoms with Crippen molar-refractivity contribution in [2.45, 2.75) is 30.2 Å². The number of benzene rings is 2. The molecule has 4 rings (SSSR count). The summed E-state index contributed by atoms with van der Waals surface area (Å²) >= 11 is 0. The summed E-state index contributed by atoms with van der Waals surface area (Å²) in [7, 11) is -2.03. The van der Waals surface area contributed by atoms with Crippen molar-refractivity contribution in [1.29, 1.82) is 0 Å². The zero-order valence-corrected chi connectivity index (χ0v) is 19.7. The number of hydrogen-bond acceptors (Lipinski definition) is 6. The van der Waals surface area contributed by atoms with Crippen LogP contribution < -0.4 is 15.4 Å². The van der Waals surface area contributed by atoms with Gasteiger partial charge in [-0.05, 0) is 61.7 Å². The molecule has 0 aromatic heterocycles. The molecule has 0 bridgehead atoms. The van der Waals surface area contributed by atoms with Crippen LogP contribution in [0.5, 0.6) is 5.75 Å². The maximum absolute atomic E-state index is 13.0. The molecule has 2 aliphatic rings. The Kier molecular flexibility index (Phi) is 6.32. The molecule has 2 aromatic carbocycles. The lowest BCUT2D eigenvalue weighted by molar-refractivity contribution is -0.133. The van der Waals surface area contributed by atoms with Crippen LogP contribution in [0.4, 0.5) is 10.5 Å². The largest absolute Gasteiger partial charge is 0.497 e. The third-order valence-electron chi connectivity index (χ3n) is 6.08. The first kappa shape index (κ1) is 23.7. The van der Waals surface area contributed by atoms with Gasteiger partial charge in [-0.25, -0.2) is 13.2 Å². The number of anilines is 1. The van der Waals surface area contributed by atoms with Crippen LogP contribution in [-0.2, 0) is 25.2 Å². The van der Waals surface area contributed by atoms with Crippen LogP contribution in [0, 0.1) is 0 Å². The summed E-state index contributed by atoms with van der Waals surface area (Å²) in [5, 5.41) is 5.25. The van der Waals surface area contributed by atoms with Crippen LogP contribution in [0.2, 0.25) is 0 Å². The second-order valence-electron chi connectivity index (χ2n) is 8.36. The molecule has 2 N–H and O–H groups in total. The molecular weight excluding hydrogens is 460 g/mol. The molecule has 0 aliphatic carbocycles. The van der Waals surface area contributed by atoms with Gasteiger partial charge in [0.15, 0.2) is 0 Å². The van der Waals surface area contributed by atoms with Gasteiger partial charge >= 0.3 is 6.03 Å². The van der Waals surface area contributed by atoms with E-state index in [2.05, 4.69) is 10.6 Å². The minimum Gasteiger partial charge on any atom is -0.497 e. The Hall–Kier alpha value is -3.44. The van der Waals surface area contributed by atoms with E-state index in [-0.39, 0.29) is 4.90 Å². The number of carbonyl (C=O) groups is 3. The number of nitrogens with zero attached hydrogens (tertiary/aromatic N) is 2. The lowest BCUT2D eigenvalue weighted by Gasteiger charge is -2.22. The standard InChI is InChI=1S/C23H26N4O6S/c1-23(16-5-9-18(33-2)10-6-16)21(29)27(22(30)25-23)15-20(28)24-17-7-11-19(12-8-17)34(31,32)26-13-3-4-14-26/h5-12H,3-4,13-15H2,1-2H3,(H,24,28)(H,25,30)/t23-/m1/s1. The van der Waals surface area contributed by atoms with Gasteiger partial charge in [-0.15, -0.1) is 0 Å². The Morgan fingerprint density at radius 1 is 1.06 bits per heavy atom. The Morgan fingerprint density at radius 2 is 1.68 bits per heavy atom. The van der Waals surface area contributed by atoms with Gasteiger partial charge < -0.3 is 15.4 Å². The van der Waals surface area contributed by atoms with Gasteiger partial charge in [-0.3, -0.25) is 14.5 Å². The topological polar surface area (TPSA) is 125 Å². The van der Waals surface area contributed by atoms with Crippen molar-refractivity contribution in [2.75, 3.05) is 32.1 Å². The van der Waals surface area contributed by atoms with Gasteiger partial charge in [0.05, 0.1) is 12.0 Å². The molecule has 2 aliphatic heterocycles. The summed E-state index contributed by atoms with van der Waals surface area (Å²) < 4.78 is 31.8. The van der Waals surface area contributed by atoms with E-state index in [1.807, 2.05) is 0 Å². The molecule has 0 radical (unpaired) electrons. The fourth-order valence-corrected chi connectivity index (χ4v) is 5.61. The minimum absolute atomic E-state index is 0.150. The molecule has 180 valence electrons. The predicted octanol–water partition coefficient (Wildman–Crippen LogP) is 1.89. The fraction of sp³-hybridized carbons (Fsp3) is 0.348. The summed E-state index contributed by atoms with van der Waals surface area (Å²) in [4.78, 5) is 39.1. The van der Waals surface area contributed by atoms with E-state index in [1.165, 1.54) is 35.7 Å². The van der Waals surface area contributed by atoms with E-state index < -0.39 is 40.0 Å². The lowest BCUT2D eigenvalue weighted by atomic mass is 9.92. The Bertz CT molecular complexity index is 1210. The number of methoxy groups -OCH3 is 1. The molecular formula is C23H26N4O6S. The quantitative estimate of drug-likeness (QED) is 0.576. The van der Waals surface area contributed by atoms with Gasteiger partial charge in [0.2, 0.25) is 15.9 Å². The SMILES string of the molecule is COc1ccc([C@@]2(C)NC(=O)N(CC(=O)Nc3ccc(S(=O)(=O)N4CCCC4)cc3)C2=O)cc1. The Morgan fingerprint density at radius 3 is 2.26 bits per heavy atom. The van der Waals surface area contributed by atoms with Gasteiger partial charge in [-0.1, -0.05) is 12.1 Å². The Labute approximate surface area is 197 Å². The molecule has 1 atom stereocenters. The highest BCUT2D eigenvalue weighted by Gasteiger charge is 2.49. The average Bonchev–Trinajstić information content (AvgIpc) is 3.44. The van der Waals surface area contributed by atoms with Gasteiger partial charge in [-0.2, -0.15) is 4.31 Å². The second-order valence-corrected chi connectivity index (χ2v) is 10.3. The van der Waals surface area contributed by atoms with Gasteiger partial charge in [0.25, 0.3) is 5.91 Å². The monoisotopic (exact) mass is 486 g/mol. The number of sulfonamides is 1. The first-order valence-electron chi connectivity index (χ1n) is 10.8. The summed E-state index contributed by atoms with van der Waals surface area (Å²) in [6.45, 7) is 2.10. The fourth-order valence-electron chi connectivity index (χ4n) is 4.09. The van der Waals surface area contributed by atoms with Crippen molar-refractivity contribution in [3.63, 3.8) is 0 Å². The Balaban J connectivity index is 1.41. The molecule has 2 heterocycles. The third kappa shape index (κ3) is 4.36. The highest BCUT2D eigenvalue weighted by atomic mass is 32.2.